The average molecular weight is 250 g/mol. The fourth-order valence-corrected chi connectivity index (χ4v) is 2.16. The van der Waals surface area contributed by atoms with Crippen LogP contribution in [0, 0.1) is 0 Å². The Morgan fingerprint density at radius 3 is 2.28 bits per heavy atom. The van der Waals surface area contributed by atoms with Gasteiger partial charge in [0.25, 0.3) is 5.56 Å². The molecule has 18 heavy (non-hydrogen) atoms. The summed E-state index contributed by atoms with van der Waals surface area (Å²) < 4.78 is 4.33. The van der Waals surface area contributed by atoms with E-state index in [0.717, 1.165) is 16.8 Å². The molecule has 0 aromatic carbocycles. The van der Waals surface area contributed by atoms with Gasteiger partial charge in [-0.05, 0) is 6.42 Å². The number of fused-ring (bicyclic) bond motifs is 1. The zero-order valence-electron chi connectivity index (χ0n) is 11.4. The number of aryl methyl sites for hydroxylation is 2. The van der Waals surface area contributed by atoms with Crippen LogP contribution in [0.15, 0.2) is 9.59 Å². The van der Waals surface area contributed by atoms with Gasteiger partial charge in [-0.1, -0.05) is 13.8 Å². The van der Waals surface area contributed by atoms with Crippen molar-refractivity contribution in [3.63, 3.8) is 0 Å². The molecule has 0 N–H and O–H groups in total. The van der Waals surface area contributed by atoms with Gasteiger partial charge in [0.1, 0.15) is 5.82 Å². The highest BCUT2D eigenvalue weighted by Crippen LogP contribution is 2.19. The molecular weight excluding hydrogens is 232 g/mol. The van der Waals surface area contributed by atoms with E-state index in [4.69, 9.17) is 0 Å². The summed E-state index contributed by atoms with van der Waals surface area (Å²) in [5, 5.41) is 0. The van der Waals surface area contributed by atoms with Crippen molar-refractivity contribution < 1.29 is 0 Å². The van der Waals surface area contributed by atoms with Crippen LogP contribution >= 0.6 is 0 Å². The monoisotopic (exact) mass is 250 g/mol. The average Bonchev–Trinajstić information content (AvgIpc) is 2.71. The molecular formula is C12H18N4O2. The predicted octanol–water partition coefficient (Wildman–Crippen LogP) is 0.484. The Balaban J connectivity index is 2.98. The molecule has 0 aliphatic heterocycles. The molecule has 98 valence electrons. The number of hydrogen-bond acceptors (Lipinski definition) is 3. The number of rotatable bonds is 2. The van der Waals surface area contributed by atoms with Gasteiger partial charge in [0.2, 0.25) is 0 Å². The molecule has 0 fully saturated rings. The standard InChI is InChI=1S/C12H18N4O2/c1-6-7(2)9-13-10-8(14(9)3)11(17)16(5)12(18)15(10)4/h7H,6H2,1-5H3/t7-/m0/s1. The van der Waals surface area contributed by atoms with Crippen LogP contribution in [0.4, 0.5) is 0 Å². The summed E-state index contributed by atoms with van der Waals surface area (Å²) in [5.41, 5.74) is 0.301. The Labute approximate surface area is 104 Å². The van der Waals surface area contributed by atoms with E-state index in [2.05, 4.69) is 18.8 Å². The maximum Gasteiger partial charge on any atom is 0.332 e. The largest absolute Gasteiger partial charge is 0.332 e. The van der Waals surface area contributed by atoms with Crippen molar-refractivity contribution in [2.75, 3.05) is 0 Å². The van der Waals surface area contributed by atoms with Gasteiger partial charge in [0, 0.05) is 27.1 Å². The van der Waals surface area contributed by atoms with Crippen LogP contribution < -0.4 is 11.2 Å². The lowest BCUT2D eigenvalue weighted by atomic mass is 10.1. The molecule has 0 spiro atoms. The van der Waals surface area contributed by atoms with E-state index in [0.29, 0.717) is 11.2 Å². The summed E-state index contributed by atoms with van der Waals surface area (Å²) in [7, 11) is 4.94. The first kappa shape index (κ1) is 12.6. The van der Waals surface area contributed by atoms with Gasteiger partial charge in [-0.2, -0.15) is 0 Å². The lowest BCUT2D eigenvalue weighted by Crippen LogP contribution is -2.37. The molecule has 2 rings (SSSR count). The minimum atomic E-state index is -0.346. The number of nitrogens with zero attached hydrogens (tertiary/aromatic N) is 4. The third kappa shape index (κ3) is 1.52. The first-order chi connectivity index (χ1) is 8.40. The van der Waals surface area contributed by atoms with Gasteiger partial charge in [-0.25, -0.2) is 9.78 Å². The Kier molecular flexibility index (Phi) is 2.88. The van der Waals surface area contributed by atoms with E-state index in [1.54, 1.807) is 11.6 Å². The maximum atomic E-state index is 12.1. The zero-order chi connectivity index (χ0) is 13.6. The minimum Gasteiger partial charge on any atom is -0.325 e. The Hall–Kier alpha value is -1.85. The van der Waals surface area contributed by atoms with E-state index in [-0.39, 0.29) is 17.2 Å². The fourth-order valence-electron chi connectivity index (χ4n) is 2.16. The van der Waals surface area contributed by atoms with Crippen LogP contribution in [0.5, 0.6) is 0 Å². The Morgan fingerprint density at radius 2 is 1.72 bits per heavy atom. The summed E-state index contributed by atoms with van der Waals surface area (Å²) in [6.07, 6.45) is 0.936. The normalized spacial score (nSPS) is 13.2. The molecule has 0 saturated carbocycles. The smallest absolute Gasteiger partial charge is 0.325 e. The fraction of sp³-hybridized carbons (Fsp3) is 0.583. The van der Waals surface area contributed by atoms with Crippen molar-refractivity contribution in [3.8, 4) is 0 Å². The van der Waals surface area contributed by atoms with Crippen molar-refractivity contribution in [1.82, 2.24) is 18.7 Å². The van der Waals surface area contributed by atoms with Gasteiger partial charge in [-0.15, -0.1) is 0 Å². The highest BCUT2D eigenvalue weighted by Gasteiger charge is 2.19. The lowest BCUT2D eigenvalue weighted by Gasteiger charge is -2.07. The summed E-state index contributed by atoms with van der Waals surface area (Å²) in [4.78, 5) is 28.4. The van der Waals surface area contributed by atoms with E-state index >= 15 is 0 Å². The maximum absolute atomic E-state index is 12.1. The zero-order valence-corrected chi connectivity index (χ0v) is 11.4. The first-order valence-electron chi connectivity index (χ1n) is 6.02. The van der Waals surface area contributed by atoms with Gasteiger partial charge in [-0.3, -0.25) is 13.9 Å². The molecule has 0 radical (unpaired) electrons. The molecule has 2 heterocycles. The van der Waals surface area contributed by atoms with Crippen LogP contribution in [0.25, 0.3) is 11.2 Å². The van der Waals surface area contributed by atoms with Gasteiger partial charge >= 0.3 is 5.69 Å². The lowest BCUT2D eigenvalue weighted by molar-refractivity contribution is 0.647. The summed E-state index contributed by atoms with van der Waals surface area (Å²) in [6, 6.07) is 0. The van der Waals surface area contributed by atoms with Crippen LogP contribution in [0.2, 0.25) is 0 Å². The van der Waals surface area contributed by atoms with Crippen molar-refractivity contribution in [3.05, 3.63) is 26.7 Å². The van der Waals surface area contributed by atoms with E-state index in [1.165, 1.54) is 11.6 Å². The van der Waals surface area contributed by atoms with Crippen LogP contribution in [0.1, 0.15) is 32.0 Å². The highest BCUT2D eigenvalue weighted by molar-refractivity contribution is 5.71. The highest BCUT2D eigenvalue weighted by atomic mass is 16.2. The van der Waals surface area contributed by atoms with Crippen molar-refractivity contribution >= 4 is 11.2 Å². The molecule has 0 saturated heterocycles. The second-order valence-corrected chi connectivity index (χ2v) is 4.72. The summed E-state index contributed by atoms with van der Waals surface area (Å²) >= 11 is 0. The second-order valence-electron chi connectivity index (χ2n) is 4.72. The van der Waals surface area contributed by atoms with Crippen molar-refractivity contribution in [1.29, 1.82) is 0 Å². The molecule has 0 unspecified atom stereocenters. The number of imidazole rings is 1. The number of aromatic nitrogens is 4. The molecule has 0 amide bonds. The summed E-state index contributed by atoms with van der Waals surface area (Å²) in [6.45, 7) is 4.13. The quantitative estimate of drug-likeness (QED) is 0.779. The van der Waals surface area contributed by atoms with Crippen LogP contribution in [-0.4, -0.2) is 18.7 Å². The third-order valence-corrected chi connectivity index (χ3v) is 3.56. The van der Waals surface area contributed by atoms with Crippen molar-refractivity contribution in [2.45, 2.75) is 26.2 Å². The molecule has 1 atom stereocenters. The van der Waals surface area contributed by atoms with E-state index in [1.807, 2.05) is 7.05 Å². The van der Waals surface area contributed by atoms with Crippen LogP contribution in [0.3, 0.4) is 0 Å². The summed E-state index contributed by atoms with van der Waals surface area (Å²) in [5.74, 6) is 1.09. The molecule has 2 aromatic rings. The Morgan fingerprint density at radius 1 is 1.11 bits per heavy atom. The Bertz CT molecular complexity index is 720. The first-order valence-corrected chi connectivity index (χ1v) is 6.02. The number of hydrogen-bond donors (Lipinski definition) is 0. The minimum absolute atomic E-state index is 0.252. The molecule has 0 aliphatic carbocycles. The van der Waals surface area contributed by atoms with Crippen LogP contribution in [-0.2, 0) is 21.1 Å². The topological polar surface area (TPSA) is 61.8 Å². The molecule has 2 aromatic heterocycles. The molecule has 0 aliphatic rings. The molecule has 0 bridgehead atoms. The predicted molar refractivity (Wildman–Crippen MR) is 69.9 cm³/mol. The van der Waals surface area contributed by atoms with E-state index in [9.17, 15) is 9.59 Å². The SMILES string of the molecule is CC[C@H](C)c1nc2c(c(=O)n(C)c(=O)n2C)n1C. The van der Waals surface area contributed by atoms with Gasteiger partial charge < -0.3 is 4.57 Å². The molecule has 6 heteroatoms. The van der Waals surface area contributed by atoms with E-state index < -0.39 is 0 Å². The molecule has 6 nitrogen and oxygen atoms in total. The second kappa shape index (κ2) is 4.12. The van der Waals surface area contributed by atoms with Crippen molar-refractivity contribution in [2.24, 2.45) is 21.1 Å². The van der Waals surface area contributed by atoms with Gasteiger partial charge in [0.05, 0.1) is 0 Å². The van der Waals surface area contributed by atoms with Gasteiger partial charge in [0.15, 0.2) is 11.2 Å². The third-order valence-electron chi connectivity index (χ3n) is 3.56.